The van der Waals surface area contributed by atoms with Crippen molar-refractivity contribution in [1.29, 1.82) is 0 Å². The van der Waals surface area contributed by atoms with Crippen LogP contribution in [0.15, 0.2) is 66.2 Å². The zero-order chi connectivity index (χ0) is 22.6. The molecule has 5 rings (SSSR count). The predicted octanol–water partition coefficient (Wildman–Crippen LogP) is 5.28. The summed E-state index contributed by atoms with van der Waals surface area (Å²) in [6.07, 6.45) is 5.80. The molecule has 0 amide bonds. The second kappa shape index (κ2) is 9.42. The first-order valence-corrected chi connectivity index (χ1v) is 11.0. The molecule has 166 valence electrons. The zero-order valence-electron chi connectivity index (χ0n) is 18.1. The molecule has 1 aliphatic rings. The Labute approximate surface area is 196 Å². The van der Waals surface area contributed by atoms with Crippen molar-refractivity contribution in [3.8, 4) is 5.75 Å². The fourth-order valence-electron chi connectivity index (χ4n) is 3.66. The van der Waals surface area contributed by atoms with E-state index >= 15 is 0 Å². The van der Waals surface area contributed by atoms with Crippen LogP contribution in [-0.4, -0.2) is 34.0 Å². The van der Waals surface area contributed by atoms with Crippen LogP contribution >= 0.6 is 11.6 Å². The van der Waals surface area contributed by atoms with Crippen molar-refractivity contribution in [3.05, 3.63) is 82.9 Å². The van der Waals surface area contributed by atoms with Gasteiger partial charge in [0.25, 0.3) is 0 Å². The lowest BCUT2D eigenvalue weighted by Crippen LogP contribution is -2.04. The van der Waals surface area contributed by atoms with Crippen LogP contribution in [0.5, 0.6) is 5.75 Å². The van der Waals surface area contributed by atoms with Gasteiger partial charge in [-0.2, -0.15) is 0 Å². The molecule has 0 fully saturated rings. The topological polar surface area (TPSA) is 81.5 Å². The minimum Gasteiger partial charge on any atom is -0.487 e. The van der Waals surface area contributed by atoms with Gasteiger partial charge in [-0.1, -0.05) is 17.7 Å². The molecule has 0 spiro atoms. The van der Waals surface area contributed by atoms with E-state index in [2.05, 4.69) is 31.3 Å². The lowest BCUT2D eigenvalue weighted by molar-refractivity contribution is 0.306. The van der Waals surface area contributed by atoms with E-state index in [0.717, 1.165) is 45.7 Å². The van der Waals surface area contributed by atoms with E-state index < -0.39 is 0 Å². The molecule has 0 atom stereocenters. The fraction of sp³-hybridized carbons (Fsp3) is 0.200. The van der Waals surface area contributed by atoms with Crippen LogP contribution in [0.1, 0.15) is 16.7 Å². The second-order valence-electron chi connectivity index (χ2n) is 7.80. The van der Waals surface area contributed by atoms with Gasteiger partial charge in [0, 0.05) is 35.5 Å². The van der Waals surface area contributed by atoms with Crippen molar-refractivity contribution < 1.29 is 9.47 Å². The fourth-order valence-corrected chi connectivity index (χ4v) is 3.90. The van der Waals surface area contributed by atoms with Gasteiger partial charge in [0.05, 0.1) is 17.1 Å². The van der Waals surface area contributed by atoms with Crippen molar-refractivity contribution >= 4 is 39.9 Å². The highest BCUT2D eigenvalue weighted by Crippen LogP contribution is 2.31. The van der Waals surface area contributed by atoms with Crippen LogP contribution in [0.4, 0.5) is 11.5 Å². The molecule has 0 aliphatic carbocycles. The number of hydrogen-bond acceptors (Lipinski definition) is 7. The Balaban J connectivity index is 1.33. The summed E-state index contributed by atoms with van der Waals surface area (Å²) in [5.41, 5.74) is 4.83. The quantitative estimate of drug-likeness (QED) is 0.405. The number of aliphatic imine (C=N–C) groups is 1. The largest absolute Gasteiger partial charge is 0.487 e. The molecule has 7 nitrogen and oxygen atoms in total. The highest BCUT2D eigenvalue weighted by atomic mass is 35.5. The second-order valence-corrected chi connectivity index (χ2v) is 8.21. The highest BCUT2D eigenvalue weighted by molar-refractivity contribution is 6.32. The highest BCUT2D eigenvalue weighted by Gasteiger charge is 2.12. The molecule has 8 heteroatoms. The Morgan fingerprint density at radius 1 is 1.06 bits per heavy atom. The molecule has 3 heterocycles. The third kappa shape index (κ3) is 5.04. The van der Waals surface area contributed by atoms with E-state index in [9.17, 15) is 0 Å². The molecule has 2 aromatic carbocycles. The number of pyridine rings is 1. The Morgan fingerprint density at radius 2 is 2.00 bits per heavy atom. The smallest absolute Gasteiger partial charge is 0.187 e. The number of aromatic nitrogens is 3. The molecule has 0 unspecified atom stereocenters. The standard InChI is InChI=1S/C25H22ClN5O2/c1-16-8-18(13-27-12-16)14-33-23-5-3-19(11-21(23)26)31-25-20-9-17(10-24-28-6-7-32-24)2-4-22(20)29-15-30-25/h2-5,8-9,11-13,15H,6-7,10,14H2,1H3,(H,29,30,31). The van der Waals surface area contributed by atoms with E-state index in [1.54, 1.807) is 12.5 Å². The average molecular weight is 460 g/mol. The van der Waals surface area contributed by atoms with Gasteiger partial charge in [0.1, 0.15) is 31.1 Å². The van der Waals surface area contributed by atoms with Gasteiger partial charge in [-0.15, -0.1) is 0 Å². The summed E-state index contributed by atoms with van der Waals surface area (Å²) >= 11 is 6.49. The van der Waals surface area contributed by atoms with Crippen LogP contribution in [0, 0.1) is 6.92 Å². The summed E-state index contributed by atoms with van der Waals surface area (Å²) in [4.78, 5) is 17.4. The molecule has 4 aromatic rings. The number of ether oxygens (including phenoxy) is 2. The molecule has 0 saturated carbocycles. The number of hydrogen-bond donors (Lipinski definition) is 1. The number of benzene rings is 2. The lowest BCUT2D eigenvalue weighted by atomic mass is 10.1. The minimum atomic E-state index is 0.398. The molecule has 0 saturated heterocycles. The number of nitrogens with one attached hydrogen (secondary N) is 1. The molecule has 2 aromatic heterocycles. The predicted molar refractivity (Wildman–Crippen MR) is 130 cm³/mol. The molecule has 1 N–H and O–H groups in total. The Hall–Kier alpha value is -3.71. The minimum absolute atomic E-state index is 0.398. The van der Waals surface area contributed by atoms with Crippen LogP contribution in [0.25, 0.3) is 10.9 Å². The van der Waals surface area contributed by atoms with Gasteiger partial charge >= 0.3 is 0 Å². The summed E-state index contributed by atoms with van der Waals surface area (Å²) in [7, 11) is 0. The number of rotatable bonds is 7. The van der Waals surface area contributed by atoms with Crippen LogP contribution in [0.3, 0.4) is 0 Å². The molecular formula is C25H22ClN5O2. The van der Waals surface area contributed by atoms with Crippen LogP contribution in [-0.2, 0) is 17.8 Å². The maximum Gasteiger partial charge on any atom is 0.187 e. The van der Waals surface area contributed by atoms with Crippen molar-refractivity contribution in [2.75, 3.05) is 18.5 Å². The normalized spacial score (nSPS) is 13.0. The van der Waals surface area contributed by atoms with Gasteiger partial charge in [-0.05, 0) is 54.4 Å². The summed E-state index contributed by atoms with van der Waals surface area (Å²) in [5, 5.41) is 4.78. The molecule has 1 aliphatic heterocycles. The maximum atomic E-state index is 6.49. The summed E-state index contributed by atoms with van der Waals surface area (Å²) in [6, 6.07) is 13.7. The first-order chi connectivity index (χ1) is 16.1. The summed E-state index contributed by atoms with van der Waals surface area (Å²) < 4.78 is 11.4. The van der Waals surface area contributed by atoms with E-state index in [0.29, 0.717) is 36.2 Å². The number of halogens is 1. The summed E-state index contributed by atoms with van der Waals surface area (Å²) in [6.45, 7) is 3.78. The number of anilines is 2. The van der Waals surface area contributed by atoms with Gasteiger partial charge < -0.3 is 14.8 Å². The maximum absolute atomic E-state index is 6.49. The van der Waals surface area contributed by atoms with Crippen LogP contribution in [0.2, 0.25) is 5.02 Å². The van der Waals surface area contributed by atoms with E-state index in [1.165, 1.54) is 0 Å². The number of aryl methyl sites for hydroxylation is 1. The first kappa shape index (κ1) is 21.2. The number of fused-ring (bicyclic) bond motifs is 1. The Kier molecular flexibility index (Phi) is 6.04. The molecular weight excluding hydrogens is 438 g/mol. The van der Waals surface area contributed by atoms with Crippen LogP contribution < -0.4 is 10.1 Å². The molecule has 0 radical (unpaired) electrons. The van der Waals surface area contributed by atoms with Crippen molar-refractivity contribution in [1.82, 2.24) is 15.0 Å². The average Bonchev–Trinajstić information content (AvgIpc) is 3.32. The van der Waals surface area contributed by atoms with E-state index in [1.807, 2.05) is 49.5 Å². The third-order valence-corrected chi connectivity index (χ3v) is 5.52. The summed E-state index contributed by atoms with van der Waals surface area (Å²) in [5.74, 6) is 2.08. The van der Waals surface area contributed by atoms with Crippen molar-refractivity contribution in [2.24, 2.45) is 4.99 Å². The third-order valence-electron chi connectivity index (χ3n) is 5.22. The van der Waals surface area contributed by atoms with Crippen molar-refractivity contribution in [3.63, 3.8) is 0 Å². The molecule has 0 bridgehead atoms. The Morgan fingerprint density at radius 3 is 2.82 bits per heavy atom. The van der Waals surface area contributed by atoms with E-state index in [-0.39, 0.29) is 0 Å². The van der Waals surface area contributed by atoms with Gasteiger partial charge in [-0.3, -0.25) is 9.98 Å². The monoisotopic (exact) mass is 459 g/mol. The zero-order valence-corrected chi connectivity index (χ0v) is 18.8. The van der Waals surface area contributed by atoms with Gasteiger partial charge in [0.2, 0.25) is 0 Å². The SMILES string of the molecule is Cc1cncc(COc2ccc(Nc3ncnc4ccc(CC5=NCCO5)cc34)cc2Cl)c1. The lowest BCUT2D eigenvalue weighted by Gasteiger charge is -2.12. The van der Waals surface area contributed by atoms with Gasteiger partial charge in [-0.25, -0.2) is 9.97 Å². The Bertz CT molecular complexity index is 1340. The number of nitrogens with zero attached hydrogens (tertiary/aromatic N) is 4. The molecule has 33 heavy (non-hydrogen) atoms. The van der Waals surface area contributed by atoms with Gasteiger partial charge in [0.15, 0.2) is 5.90 Å². The first-order valence-electron chi connectivity index (χ1n) is 10.6. The van der Waals surface area contributed by atoms with E-state index in [4.69, 9.17) is 21.1 Å². The van der Waals surface area contributed by atoms with Crippen molar-refractivity contribution in [2.45, 2.75) is 20.0 Å².